The molecule has 2 aromatic heterocycles. The molecule has 1 unspecified atom stereocenters. The molecule has 0 aromatic carbocycles. The maximum absolute atomic E-state index is 12.1. The summed E-state index contributed by atoms with van der Waals surface area (Å²) in [5, 5.41) is 37.7. The van der Waals surface area contributed by atoms with E-state index < -0.39 is 29.9 Å². The Bertz CT molecular complexity index is 985. The van der Waals surface area contributed by atoms with Crippen molar-refractivity contribution in [1.82, 2.24) is 14.6 Å². The van der Waals surface area contributed by atoms with E-state index in [0.717, 1.165) is 12.8 Å². The molecular weight excluding hydrogens is 394 g/mol. The van der Waals surface area contributed by atoms with E-state index in [-0.39, 0.29) is 24.0 Å². The van der Waals surface area contributed by atoms with E-state index in [4.69, 9.17) is 9.47 Å². The molecule has 1 amide bonds. The Morgan fingerprint density at radius 1 is 1.43 bits per heavy atom. The van der Waals surface area contributed by atoms with Crippen molar-refractivity contribution in [3.8, 4) is 6.07 Å². The first-order chi connectivity index (χ1) is 14.3. The summed E-state index contributed by atoms with van der Waals surface area (Å²) in [5.74, 6) is -0.543. The number of carbonyl (C=O) groups excluding carboxylic acids is 2. The molecule has 4 atom stereocenters. The second-order valence-electron chi connectivity index (χ2n) is 7.02. The lowest BCUT2D eigenvalue weighted by Gasteiger charge is -2.24. The summed E-state index contributed by atoms with van der Waals surface area (Å²) >= 11 is 0. The number of nitrogens with one attached hydrogen (secondary N) is 1. The van der Waals surface area contributed by atoms with Crippen molar-refractivity contribution in [2.24, 2.45) is 0 Å². The van der Waals surface area contributed by atoms with Crippen LogP contribution in [0.15, 0.2) is 18.5 Å². The van der Waals surface area contributed by atoms with Gasteiger partial charge in [-0.15, -0.1) is 0 Å². The number of fused-ring (bicyclic) bond motifs is 1. The molecule has 11 nitrogen and oxygen atoms in total. The number of anilines is 1. The Hall–Kier alpha value is -3.07. The number of hydrogen-bond donors (Lipinski definition) is 3. The summed E-state index contributed by atoms with van der Waals surface area (Å²) < 4.78 is 11.9. The fraction of sp³-hybridized carbons (Fsp3) is 0.526. The van der Waals surface area contributed by atoms with Gasteiger partial charge in [0, 0.05) is 13.3 Å². The number of ether oxygens (including phenoxy) is 2. The zero-order valence-corrected chi connectivity index (χ0v) is 16.6. The number of aliphatic hydroxyl groups is 2. The lowest BCUT2D eigenvalue weighted by molar-refractivity contribution is -0.148. The third-order valence-electron chi connectivity index (χ3n) is 4.92. The van der Waals surface area contributed by atoms with Gasteiger partial charge in [0.05, 0.1) is 5.69 Å². The fourth-order valence-corrected chi connectivity index (χ4v) is 3.36. The van der Waals surface area contributed by atoms with Gasteiger partial charge in [-0.25, -0.2) is 9.50 Å². The van der Waals surface area contributed by atoms with Crippen LogP contribution in [0.5, 0.6) is 0 Å². The second kappa shape index (κ2) is 8.74. The van der Waals surface area contributed by atoms with Gasteiger partial charge in [-0.05, 0) is 18.6 Å². The smallest absolute Gasteiger partial charge is 0.302 e. The molecule has 0 saturated carbocycles. The molecule has 3 rings (SSSR count). The summed E-state index contributed by atoms with van der Waals surface area (Å²) in [7, 11) is 0. The van der Waals surface area contributed by atoms with Gasteiger partial charge in [0.15, 0.2) is 5.82 Å². The predicted molar refractivity (Wildman–Crippen MR) is 102 cm³/mol. The number of aromatic nitrogens is 3. The van der Waals surface area contributed by atoms with Crippen molar-refractivity contribution < 1.29 is 29.3 Å². The number of nitrogens with zero attached hydrogens (tertiary/aromatic N) is 4. The van der Waals surface area contributed by atoms with Crippen molar-refractivity contribution in [1.29, 1.82) is 5.26 Å². The molecule has 1 saturated heterocycles. The number of carbonyl (C=O) groups is 2. The van der Waals surface area contributed by atoms with E-state index in [9.17, 15) is 25.1 Å². The maximum Gasteiger partial charge on any atom is 0.302 e. The number of rotatable bonds is 7. The van der Waals surface area contributed by atoms with Crippen LogP contribution in [0.4, 0.5) is 5.82 Å². The monoisotopic (exact) mass is 417 g/mol. The van der Waals surface area contributed by atoms with E-state index in [2.05, 4.69) is 15.4 Å². The average Bonchev–Trinajstić information content (AvgIpc) is 3.26. The van der Waals surface area contributed by atoms with E-state index in [1.165, 1.54) is 23.8 Å². The van der Waals surface area contributed by atoms with Crippen molar-refractivity contribution >= 4 is 23.2 Å². The molecular formula is C19H23N5O6. The van der Waals surface area contributed by atoms with Crippen LogP contribution in [0.1, 0.15) is 38.8 Å². The van der Waals surface area contributed by atoms with E-state index >= 15 is 0 Å². The Morgan fingerprint density at radius 2 is 2.20 bits per heavy atom. The lowest BCUT2D eigenvalue weighted by atomic mass is 9.92. The predicted octanol–water partition coefficient (Wildman–Crippen LogP) is 0.261. The summed E-state index contributed by atoms with van der Waals surface area (Å²) in [4.78, 5) is 27.2. The minimum absolute atomic E-state index is 0.142. The van der Waals surface area contributed by atoms with Crippen LogP contribution in [-0.4, -0.2) is 61.6 Å². The highest BCUT2D eigenvalue weighted by Gasteiger charge is 2.57. The highest BCUT2D eigenvalue weighted by molar-refractivity contribution is 5.93. The quantitative estimate of drug-likeness (QED) is 0.537. The number of aliphatic hydroxyl groups excluding tert-OH is 2. The van der Waals surface area contributed by atoms with E-state index in [1.807, 2.05) is 13.0 Å². The van der Waals surface area contributed by atoms with Crippen LogP contribution < -0.4 is 5.32 Å². The third kappa shape index (κ3) is 3.85. The molecule has 3 N–H and O–H groups in total. The number of nitriles is 1. The molecule has 0 radical (unpaired) electrons. The summed E-state index contributed by atoms with van der Waals surface area (Å²) in [6.45, 7) is 2.85. The molecule has 1 aliphatic rings. The molecule has 1 aliphatic heterocycles. The molecule has 160 valence electrons. The summed E-state index contributed by atoms with van der Waals surface area (Å²) in [5.41, 5.74) is -1.43. The average molecular weight is 417 g/mol. The molecule has 0 spiro atoms. The lowest BCUT2D eigenvalue weighted by Crippen LogP contribution is -2.41. The van der Waals surface area contributed by atoms with Crippen LogP contribution in [0.2, 0.25) is 0 Å². The van der Waals surface area contributed by atoms with Crippen LogP contribution in [0, 0.1) is 11.3 Å². The van der Waals surface area contributed by atoms with Crippen LogP contribution in [-0.2, 0) is 24.7 Å². The SMILES string of the molecule is CCCCC(=O)Nc1ncnn2c(C3(C#N)O[C@H](COC(C)=O)[C@@H](O)[C@H]3O)ccc12. The largest absolute Gasteiger partial charge is 0.463 e. The van der Waals surface area contributed by atoms with Crippen molar-refractivity contribution in [2.75, 3.05) is 11.9 Å². The number of amides is 1. The summed E-state index contributed by atoms with van der Waals surface area (Å²) in [6, 6.07) is 4.99. The third-order valence-corrected chi connectivity index (χ3v) is 4.92. The molecule has 30 heavy (non-hydrogen) atoms. The Morgan fingerprint density at radius 3 is 2.87 bits per heavy atom. The van der Waals surface area contributed by atoms with Crippen molar-refractivity contribution in [3.05, 3.63) is 24.2 Å². The van der Waals surface area contributed by atoms with Crippen LogP contribution in [0.25, 0.3) is 5.52 Å². The molecule has 1 fully saturated rings. The Balaban J connectivity index is 1.95. The zero-order valence-electron chi connectivity index (χ0n) is 16.6. The first-order valence-electron chi connectivity index (χ1n) is 9.55. The molecule has 2 aromatic rings. The Labute approximate surface area is 172 Å². The van der Waals surface area contributed by atoms with Gasteiger partial charge in [-0.1, -0.05) is 13.3 Å². The van der Waals surface area contributed by atoms with Crippen LogP contribution in [0.3, 0.4) is 0 Å². The van der Waals surface area contributed by atoms with Gasteiger partial charge in [-0.2, -0.15) is 10.4 Å². The minimum Gasteiger partial charge on any atom is -0.463 e. The van der Waals surface area contributed by atoms with Gasteiger partial charge in [0.25, 0.3) is 0 Å². The van der Waals surface area contributed by atoms with E-state index in [1.54, 1.807) is 6.07 Å². The van der Waals surface area contributed by atoms with Gasteiger partial charge >= 0.3 is 5.97 Å². The normalized spacial score (nSPS) is 25.8. The Kier molecular flexibility index (Phi) is 6.31. The number of hydrogen-bond acceptors (Lipinski definition) is 9. The molecule has 11 heteroatoms. The zero-order chi connectivity index (χ0) is 21.9. The van der Waals surface area contributed by atoms with Crippen LogP contribution >= 0.6 is 0 Å². The highest BCUT2D eigenvalue weighted by Crippen LogP contribution is 2.40. The molecule has 3 heterocycles. The van der Waals surface area contributed by atoms with Gasteiger partial charge in [-0.3, -0.25) is 9.59 Å². The maximum atomic E-state index is 12.1. The molecule has 0 bridgehead atoms. The standard InChI is InChI=1S/C19H23N5O6/c1-3-4-5-15(26)23-18-12-6-7-14(24(12)22-10-21-18)19(9-20)17(28)16(27)13(30-19)8-29-11(2)25/h6-7,10,13,16-17,27-28H,3-5,8H2,1-2H3,(H,21,22,23,26)/t13-,16-,17-,19?/m1/s1. The number of esters is 1. The minimum atomic E-state index is -1.96. The van der Waals surface area contributed by atoms with E-state index in [0.29, 0.717) is 11.9 Å². The highest BCUT2D eigenvalue weighted by atomic mass is 16.6. The topological polar surface area (TPSA) is 159 Å². The summed E-state index contributed by atoms with van der Waals surface area (Å²) in [6.07, 6.45) is -1.05. The molecule has 0 aliphatic carbocycles. The van der Waals surface area contributed by atoms with Gasteiger partial charge < -0.3 is 25.0 Å². The first kappa shape index (κ1) is 21.6. The first-order valence-corrected chi connectivity index (χ1v) is 9.55. The van der Waals surface area contributed by atoms with Gasteiger partial charge in [0.2, 0.25) is 11.5 Å². The van der Waals surface area contributed by atoms with Crippen molar-refractivity contribution in [2.45, 2.75) is 57.0 Å². The van der Waals surface area contributed by atoms with Gasteiger partial charge in [0.1, 0.15) is 42.8 Å². The number of unbranched alkanes of at least 4 members (excludes halogenated alkanes) is 1. The van der Waals surface area contributed by atoms with Crippen molar-refractivity contribution in [3.63, 3.8) is 0 Å². The second-order valence-corrected chi connectivity index (χ2v) is 7.02. The fourth-order valence-electron chi connectivity index (χ4n) is 3.36.